The van der Waals surface area contributed by atoms with Crippen LogP contribution in [0.5, 0.6) is 0 Å². The summed E-state index contributed by atoms with van der Waals surface area (Å²) in [6, 6.07) is 9.07. The topological polar surface area (TPSA) is 52.3 Å². The molecule has 0 atom stereocenters. The van der Waals surface area contributed by atoms with Crippen molar-refractivity contribution >= 4 is 46.8 Å². The molecular formula is C16H13Cl3N4. The third kappa shape index (κ3) is 4.14. The molecule has 0 aliphatic heterocycles. The average Bonchev–Trinajstić information content (AvgIpc) is 2.51. The summed E-state index contributed by atoms with van der Waals surface area (Å²) >= 11 is 17.9. The van der Waals surface area contributed by atoms with E-state index in [4.69, 9.17) is 40.1 Å². The minimum atomic E-state index is 0.172. The molecule has 23 heavy (non-hydrogen) atoms. The highest BCUT2D eigenvalue weighted by Gasteiger charge is 2.11. The summed E-state index contributed by atoms with van der Waals surface area (Å²) in [6.07, 6.45) is 1.66. The van der Waals surface area contributed by atoms with Crippen molar-refractivity contribution in [3.05, 3.63) is 56.2 Å². The number of hydrogen-bond acceptors (Lipinski definition) is 4. The second kappa shape index (κ2) is 7.65. The molecule has 4 nitrogen and oxygen atoms in total. The van der Waals surface area contributed by atoms with Crippen LogP contribution in [0.2, 0.25) is 15.2 Å². The Morgan fingerprint density at radius 2 is 2.00 bits per heavy atom. The second-order valence-electron chi connectivity index (χ2n) is 4.71. The lowest BCUT2D eigenvalue weighted by atomic mass is 10.2. The normalized spacial score (nSPS) is 10.8. The number of halogens is 3. The zero-order valence-electron chi connectivity index (χ0n) is 12.5. The number of nitriles is 1. The van der Waals surface area contributed by atoms with Crippen LogP contribution in [-0.4, -0.2) is 17.7 Å². The average molecular weight is 368 g/mol. The molecule has 0 unspecified atom stereocenters. The molecule has 1 heterocycles. The van der Waals surface area contributed by atoms with Crippen LogP contribution in [0.25, 0.3) is 0 Å². The Morgan fingerprint density at radius 3 is 2.57 bits per heavy atom. The van der Waals surface area contributed by atoms with Crippen LogP contribution in [0, 0.1) is 18.3 Å². The second-order valence-corrected chi connectivity index (χ2v) is 5.88. The fourth-order valence-electron chi connectivity index (χ4n) is 1.92. The van der Waals surface area contributed by atoms with E-state index < -0.39 is 0 Å². The highest BCUT2D eigenvalue weighted by molar-refractivity contribution is 6.42. The van der Waals surface area contributed by atoms with E-state index in [9.17, 15) is 0 Å². The number of aromatic nitrogens is 1. The lowest BCUT2D eigenvalue weighted by Gasteiger charge is -2.17. The molecule has 0 saturated heterocycles. The Labute approximate surface area is 149 Å². The Kier molecular flexibility index (Phi) is 5.84. The Hall–Kier alpha value is -1.80. The molecule has 0 amide bonds. The molecule has 2 aromatic rings. The smallest absolute Gasteiger partial charge is 0.150 e. The van der Waals surface area contributed by atoms with E-state index >= 15 is 0 Å². The molecule has 0 N–H and O–H groups in total. The minimum Gasteiger partial charge on any atom is -0.248 e. The van der Waals surface area contributed by atoms with Gasteiger partial charge in [-0.3, -0.25) is 0 Å². The van der Waals surface area contributed by atoms with E-state index in [1.54, 1.807) is 29.4 Å². The van der Waals surface area contributed by atoms with E-state index in [2.05, 4.69) is 10.1 Å². The first-order chi connectivity index (χ1) is 11.0. The molecule has 0 saturated carbocycles. The van der Waals surface area contributed by atoms with E-state index in [1.165, 1.54) is 0 Å². The maximum Gasteiger partial charge on any atom is 0.150 e. The van der Waals surface area contributed by atoms with Gasteiger partial charge in [0, 0.05) is 6.54 Å². The summed E-state index contributed by atoms with van der Waals surface area (Å²) in [4.78, 5) is 4.23. The zero-order valence-corrected chi connectivity index (χ0v) is 14.8. The number of nitrogens with zero attached hydrogens (tertiary/aromatic N) is 4. The summed E-state index contributed by atoms with van der Waals surface area (Å²) in [7, 11) is 0. The van der Waals surface area contributed by atoms with E-state index in [0.717, 1.165) is 11.1 Å². The number of hydrogen-bond donors (Lipinski definition) is 0. The number of pyridine rings is 1. The van der Waals surface area contributed by atoms with Gasteiger partial charge >= 0.3 is 0 Å². The zero-order chi connectivity index (χ0) is 17.0. The van der Waals surface area contributed by atoms with Crippen molar-refractivity contribution in [2.45, 2.75) is 13.8 Å². The van der Waals surface area contributed by atoms with Crippen LogP contribution >= 0.6 is 34.8 Å². The van der Waals surface area contributed by atoms with Gasteiger partial charge in [-0.05, 0) is 43.2 Å². The van der Waals surface area contributed by atoms with Crippen molar-refractivity contribution < 1.29 is 0 Å². The first-order valence-corrected chi connectivity index (χ1v) is 7.93. The van der Waals surface area contributed by atoms with Gasteiger partial charge in [0.05, 0.1) is 21.8 Å². The summed E-state index contributed by atoms with van der Waals surface area (Å²) in [5.41, 5.74) is 1.94. The fourth-order valence-corrected chi connectivity index (χ4v) is 2.50. The molecule has 0 fully saturated rings. The number of hydrazone groups is 1. The number of aryl methyl sites for hydroxylation is 1. The highest BCUT2D eigenvalue weighted by Crippen LogP contribution is 2.24. The van der Waals surface area contributed by atoms with Gasteiger partial charge in [0.2, 0.25) is 0 Å². The van der Waals surface area contributed by atoms with Crippen LogP contribution < -0.4 is 5.01 Å². The molecule has 0 bridgehead atoms. The molecule has 0 spiro atoms. The maximum atomic E-state index is 9.05. The predicted molar refractivity (Wildman–Crippen MR) is 95.8 cm³/mol. The van der Waals surface area contributed by atoms with Gasteiger partial charge in [0.25, 0.3) is 0 Å². The molecule has 0 radical (unpaired) electrons. The largest absolute Gasteiger partial charge is 0.248 e. The Bertz CT molecular complexity index is 773. The first kappa shape index (κ1) is 17.6. The van der Waals surface area contributed by atoms with E-state index in [0.29, 0.717) is 28.0 Å². The van der Waals surface area contributed by atoms with Gasteiger partial charge in [0.15, 0.2) is 5.82 Å². The number of rotatable bonds is 4. The van der Waals surface area contributed by atoms with Crippen molar-refractivity contribution in [1.82, 2.24) is 4.98 Å². The molecule has 118 valence electrons. The summed E-state index contributed by atoms with van der Waals surface area (Å²) in [5.74, 6) is 0.574. The van der Waals surface area contributed by atoms with Gasteiger partial charge in [-0.2, -0.15) is 10.4 Å². The summed E-state index contributed by atoms with van der Waals surface area (Å²) in [5, 5.41) is 16.3. The number of anilines is 1. The van der Waals surface area contributed by atoms with Crippen LogP contribution in [0.1, 0.15) is 23.6 Å². The lowest BCUT2D eigenvalue weighted by Crippen LogP contribution is -2.17. The third-order valence-electron chi connectivity index (χ3n) is 3.12. The molecule has 0 aliphatic rings. The molecule has 1 aromatic heterocycles. The maximum absolute atomic E-state index is 9.05. The Balaban J connectivity index is 2.31. The van der Waals surface area contributed by atoms with Gasteiger partial charge in [0.1, 0.15) is 11.2 Å². The van der Waals surface area contributed by atoms with Crippen LogP contribution in [-0.2, 0) is 0 Å². The number of benzene rings is 1. The van der Waals surface area contributed by atoms with Crippen LogP contribution in [0.15, 0.2) is 29.4 Å². The van der Waals surface area contributed by atoms with Crippen LogP contribution in [0.3, 0.4) is 0 Å². The first-order valence-electron chi connectivity index (χ1n) is 6.80. The van der Waals surface area contributed by atoms with Crippen molar-refractivity contribution in [1.29, 1.82) is 5.26 Å². The molecule has 2 rings (SSSR count). The monoisotopic (exact) mass is 366 g/mol. The SMILES string of the molecule is CCN(/N=C\c1ccc(Cl)c(Cl)c1)c1cc(C)c(C#N)c(Cl)n1. The van der Waals surface area contributed by atoms with Gasteiger partial charge < -0.3 is 0 Å². The summed E-state index contributed by atoms with van der Waals surface area (Å²) in [6.45, 7) is 4.34. The van der Waals surface area contributed by atoms with Gasteiger partial charge in [-0.15, -0.1) is 0 Å². The van der Waals surface area contributed by atoms with E-state index in [1.807, 2.05) is 26.0 Å². The predicted octanol–water partition coefficient (Wildman–Crippen LogP) is 5.08. The third-order valence-corrected chi connectivity index (χ3v) is 4.14. The summed E-state index contributed by atoms with van der Waals surface area (Å²) < 4.78 is 0. The minimum absolute atomic E-state index is 0.172. The lowest BCUT2D eigenvalue weighted by molar-refractivity contribution is 0.871. The van der Waals surface area contributed by atoms with Crippen molar-refractivity contribution in [2.24, 2.45) is 5.10 Å². The standard InChI is InChI=1S/C16H13Cl3N4/c1-3-23(15-6-10(2)12(8-20)16(19)22-15)21-9-11-4-5-13(17)14(18)7-11/h4-7,9H,3H2,1-2H3/b21-9-. The fraction of sp³-hybridized carbons (Fsp3) is 0.188. The van der Waals surface area contributed by atoms with Gasteiger partial charge in [-0.25, -0.2) is 9.99 Å². The molecular weight excluding hydrogens is 355 g/mol. The highest BCUT2D eigenvalue weighted by atomic mass is 35.5. The molecule has 0 aliphatic carbocycles. The molecule has 1 aromatic carbocycles. The van der Waals surface area contributed by atoms with Gasteiger partial charge in [-0.1, -0.05) is 40.9 Å². The van der Waals surface area contributed by atoms with E-state index in [-0.39, 0.29) is 5.15 Å². The van der Waals surface area contributed by atoms with Crippen molar-refractivity contribution in [2.75, 3.05) is 11.6 Å². The van der Waals surface area contributed by atoms with Crippen molar-refractivity contribution in [3.63, 3.8) is 0 Å². The Morgan fingerprint density at radius 1 is 1.26 bits per heavy atom. The molecule has 7 heteroatoms. The van der Waals surface area contributed by atoms with Crippen LogP contribution in [0.4, 0.5) is 5.82 Å². The van der Waals surface area contributed by atoms with Crippen molar-refractivity contribution in [3.8, 4) is 6.07 Å². The quantitative estimate of drug-likeness (QED) is 0.430.